The van der Waals surface area contributed by atoms with Gasteiger partial charge >= 0.3 is 6.03 Å². The monoisotopic (exact) mass is 458 g/mol. The van der Waals surface area contributed by atoms with E-state index in [0.29, 0.717) is 39.2 Å². The molecule has 0 radical (unpaired) electrons. The SMILES string of the molecule is COc1ccc(C(=O)c2cn(C(C)C)c3ncnc(N)c23)cc1-c1cccc(NC(N)=O)c1C. The first-order valence-electron chi connectivity index (χ1n) is 10.7. The topological polar surface area (TPSA) is 138 Å². The summed E-state index contributed by atoms with van der Waals surface area (Å²) in [5.41, 5.74) is 15.8. The zero-order valence-corrected chi connectivity index (χ0v) is 19.4. The van der Waals surface area contributed by atoms with E-state index in [-0.39, 0.29) is 17.6 Å². The van der Waals surface area contributed by atoms with Gasteiger partial charge in [-0.3, -0.25) is 4.79 Å². The second kappa shape index (κ2) is 8.86. The molecule has 2 aromatic carbocycles. The van der Waals surface area contributed by atoms with E-state index in [4.69, 9.17) is 16.2 Å². The minimum Gasteiger partial charge on any atom is -0.496 e. The minimum absolute atomic E-state index is 0.0768. The van der Waals surface area contributed by atoms with Crippen LogP contribution in [0.3, 0.4) is 0 Å². The molecule has 0 aliphatic heterocycles. The van der Waals surface area contributed by atoms with Crippen molar-refractivity contribution in [1.82, 2.24) is 14.5 Å². The summed E-state index contributed by atoms with van der Waals surface area (Å²) in [6.45, 7) is 5.88. The van der Waals surface area contributed by atoms with E-state index in [1.807, 2.05) is 31.4 Å². The van der Waals surface area contributed by atoms with Gasteiger partial charge in [-0.2, -0.15) is 0 Å². The molecule has 0 fully saturated rings. The van der Waals surface area contributed by atoms with E-state index in [2.05, 4.69) is 15.3 Å². The molecule has 174 valence electrons. The van der Waals surface area contributed by atoms with Gasteiger partial charge in [-0.25, -0.2) is 14.8 Å². The molecule has 0 aliphatic rings. The largest absolute Gasteiger partial charge is 0.496 e. The number of nitrogens with zero attached hydrogens (tertiary/aromatic N) is 3. The van der Waals surface area contributed by atoms with Gasteiger partial charge in [-0.05, 0) is 56.2 Å². The normalized spacial score (nSPS) is 11.1. The van der Waals surface area contributed by atoms with Gasteiger partial charge in [0, 0.05) is 29.1 Å². The van der Waals surface area contributed by atoms with Gasteiger partial charge in [-0.15, -0.1) is 0 Å². The fourth-order valence-corrected chi connectivity index (χ4v) is 4.08. The molecular weight excluding hydrogens is 432 g/mol. The van der Waals surface area contributed by atoms with Crippen LogP contribution in [0.4, 0.5) is 16.3 Å². The molecular formula is C25H26N6O3. The van der Waals surface area contributed by atoms with E-state index in [0.717, 1.165) is 11.1 Å². The van der Waals surface area contributed by atoms with Crippen molar-refractivity contribution in [3.8, 4) is 16.9 Å². The number of aromatic nitrogens is 3. The lowest BCUT2D eigenvalue weighted by Gasteiger charge is -2.15. The van der Waals surface area contributed by atoms with Crippen LogP contribution in [0.1, 0.15) is 41.4 Å². The van der Waals surface area contributed by atoms with Crippen LogP contribution in [0.5, 0.6) is 5.75 Å². The fourth-order valence-electron chi connectivity index (χ4n) is 4.08. The number of hydrogen-bond acceptors (Lipinski definition) is 6. The maximum Gasteiger partial charge on any atom is 0.316 e. The molecule has 0 unspecified atom stereocenters. The van der Waals surface area contributed by atoms with Crippen molar-refractivity contribution in [2.75, 3.05) is 18.2 Å². The summed E-state index contributed by atoms with van der Waals surface area (Å²) in [7, 11) is 1.56. The highest BCUT2D eigenvalue weighted by Gasteiger charge is 2.23. The lowest BCUT2D eigenvalue weighted by Crippen LogP contribution is -2.19. The number of hydrogen-bond donors (Lipinski definition) is 3. The first-order valence-corrected chi connectivity index (χ1v) is 10.7. The Morgan fingerprint density at radius 3 is 2.56 bits per heavy atom. The van der Waals surface area contributed by atoms with Crippen molar-refractivity contribution in [2.45, 2.75) is 26.8 Å². The quantitative estimate of drug-likeness (QED) is 0.368. The van der Waals surface area contributed by atoms with Crippen molar-refractivity contribution in [3.63, 3.8) is 0 Å². The smallest absolute Gasteiger partial charge is 0.316 e. The molecule has 9 heteroatoms. The first kappa shape index (κ1) is 22.8. The van der Waals surface area contributed by atoms with Gasteiger partial charge < -0.3 is 26.1 Å². The highest BCUT2D eigenvalue weighted by molar-refractivity contribution is 6.18. The van der Waals surface area contributed by atoms with E-state index >= 15 is 0 Å². The van der Waals surface area contributed by atoms with E-state index in [9.17, 15) is 9.59 Å². The molecule has 2 heterocycles. The van der Waals surface area contributed by atoms with Crippen molar-refractivity contribution in [3.05, 3.63) is 65.6 Å². The summed E-state index contributed by atoms with van der Waals surface area (Å²) in [5.74, 6) is 0.629. The van der Waals surface area contributed by atoms with Crippen LogP contribution < -0.4 is 21.5 Å². The van der Waals surface area contributed by atoms with Crippen LogP contribution in [-0.4, -0.2) is 33.5 Å². The lowest BCUT2D eigenvalue weighted by atomic mass is 9.94. The van der Waals surface area contributed by atoms with Crippen molar-refractivity contribution < 1.29 is 14.3 Å². The Morgan fingerprint density at radius 2 is 1.88 bits per heavy atom. The second-order valence-corrected chi connectivity index (χ2v) is 8.21. The van der Waals surface area contributed by atoms with Crippen LogP contribution >= 0.6 is 0 Å². The number of amides is 2. The van der Waals surface area contributed by atoms with Crippen molar-refractivity contribution in [2.24, 2.45) is 5.73 Å². The minimum atomic E-state index is -0.655. The Kier molecular flexibility index (Phi) is 5.93. The van der Waals surface area contributed by atoms with Gasteiger partial charge in [0.25, 0.3) is 0 Å². The number of anilines is 2. The van der Waals surface area contributed by atoms with Gasteiger partial charge in [0.1, 0.15) is 23.5 Å². The van der Waals surface area contributed by atoms with Crippen LogP contribution in [0, 0.1) is 6.92 Å². The number of carbonyl (C=O) groups is 2. The van der Waals surface area contributed by atoms with E-state index in [1.165, 1.54) is 6.33 Å². The maximum absolute atomic E-state index is 13.7. The summed E-state index contributed by atoms with van der Waals surface area (Å²) >= 11 is 0. The molecule has 4 aromatic rings. The van der Waals surface area contributed by atoms with Crippen LogP contribution in [0.2, 0.25) is 0 Å². The number of fused-ring (bicyclic) bond motifs is 1. The standard InChI is InChI=1S/C25H26N6O3/c1-13(2)31-11-18(21-23(26)28-12-29-24(21)31)22(32)15-8-9-20(34-4)17(10-15)16-6-5-7-19(14(16)3)30-25(27)33/h5-13H,1-4H3,(H2,26,28,29)(H3,27,30,33). The van der Waals surface area contributed by atoms with Gasteiger partial charge in [-0.1, -0.05) is 12.1 Å². The molecule has 2 aromatic heterocycles. The molecule has 2 amide bonds. The van der Waals surface area contributed by atoms with Gasteiger partial charge in [0.15, 0.2) is 5.78 Å². The average molecular weight is 459 g/mol. The summed E-state index contributed by atoms with van der Waals surface area (Å²) in [5, 5.41) is 3.15. The fraction of sp³-hybridized carbons (Fsp3) is 0.200. The Morgan fingerprint density at radius 1 is 1.12 bits per heavy atom. The summed E-state index contributed by atoms with van der Waals surface area (Å²) in [4.78, 5) is 33.5. The predicted molar refractivity (Wildman–Crippen MR) is 132 cm³/mol. The molecule has 0 bridgehead atoms. The second-order valence-electron chi connectivity index (χ2n) is 8.21. The van der Waals surface area contributed by atoms with Gasteiger partial charge in [0.05, 0.1) is 18.1 Å². The molecule has 0 atom stereocenters. The number of nitrogens with one attached hydrogen (secondary N) is 1. The average Bonchev–Trinajstić information content (AvgIpc) is 3.21. The first-order chi connectivity index (χ1) is 16.2. The Balaban J connectivity index is 1.87. The summed E-state index contributed by atoms with van der Waals surface area (Å²) in [6, 6.07) is 10.1. The third-order valence-corrected chi connectivity index (χ3v) is 5.78. The number of rotatable bonds is 6. The Bertz CT molecular complexity index is 1420. The van der Waals surface area contributed by atoms with Crippen molar-refractivity contribution >= 4 is 34.4 Å². The molecule has 5 N–H and O–H groups in total. The molecule has 0 saturated heterocycles. The van der Waals surface area contributed by atoms with Gasteiger partial charge in [0.2, 0.25) is 0 Å². The Labute approximate surface area is 196 Å². The highest BCUT2D eigenvalue weighted by atomic mass is 16.5. The third kappa shape index (κ3) is 3.92. The van der Waals surface area contributed by atoms with E-state index < -0.39 is 6.03 Å². The number of nitrogen functional groups attached to an aromatic ring is 1. The van der Waals surface area contributed by atoms with Crippen LogP contribution in [0.15, 0.2) is 48.9 Å². The summed E-state index contributed by atoms with van der Waals surface area (Å²) in [6.07, 6.45) is 3.17. The number of primary amides is 1. The Hall–Kier alpha value is -4.40. The predicted octanol–water partition coefficient (Wildman–Crippen LogP) is 4.30. The number of ketones is 1. The number of carbonyl (C=O) groups excluding carboxylic acids is 2. The number of methoxy groups -OCH3 is 1. The molecule has 0 spiro atoms. The van der Waals surface area contributed by atoms with Crippen molar-refractivity contribution in [1.29, 1.82) is 0 Å². The number of urea groups is 1. The summed E-state index contributed by atoms with van der Waals surface area (Å²) < 4.78 is 7.48. The number of benzene rings is 2. The third-order valence-electron chi connectivity index (χ3n) is 5.78. The molecule has 9 nitrogen and oxygen atoms in total. The zero-order valence-electron chi connectivity index (χ0n) is 19.4. The molecule has 0 aliphatic carbocycles. The van der Waals surface area contributed by atoms with Crippen LogP contribution in [0.25, 0.3) is 22.2 Å². The number of nitrogens with two attached hydrogens (primary N) is 2. The molecule has 4 rings (SSSR count). The number of ether oxygens (including phenoxy) is 1. The lowest BCUT2D eigenvalue weighted by molar-refractivity contribution is 0.104. The molecule has 34 heavy (non-hydrogen) atoms. The van der Waals surface area contributed by atoms with E-state index in [1.54, 1.807) is 43.6 Å². The zero-order chi connectivity index (χ0) is 24.6. The highest BCUT2D eigenvalue weighted by Crippen LogP contribution is 2.37. The molecule has 0 saturated carbocycles. The maximum atomic E-state index is 13.7. The van der Waals surface area contributed by atoms with Crippen LogP contribution in [-0.2, 0) is 0 Å².